The molecule has 2 aromatic rings. The Bertz CT molecular complexity index is 924. The molecule has 0 aliphatic carbocycles. The summed E-state index contributed by atoms with van der Waals surface area (Å²) >= 11 is 0. The Morgan fingerprint density at radius 1 is 0.966 bits per heavy atom. The van der Waals surface area contributed by atoms with Crippen LogP contribution in [0.15, 0.2) is 48.5 Å². The smallest absolute Gasteiger partial charge is 0.324 e. The van der Waals surface area contributed by atoms with E-state index in [1.807, 2.05) is 31.2 Å². The van der Waals surface area contributed by atoms with Crippen molar-refractivity contribution < 1.29 is 19.2 Å². The van der Waals surface area contributed by atoms with Gasteiger partial charge in [0.05, 0.1) is 13.0 Å². The standard InChI is InChI=1S/C21H22N4O4/c1-14-4-2-3-5-15(14)12-19(27)24-17-8-6-16(7-9-17)23-18(26)10-11-25-20(28)13-22-21(25)29/h2-9H,10-13H2,1H3,(H,22,29)(H,23,26)(H,24,27). The quantitative estimate of drug-likeness (QED) is 0.625. The van der Waals surface area contributed by atoms with Gasteiger partial charge in [0.1, 0.15) is 0 Å². The molecule has 0 radical (unpaired) electrons. The average Bonchev–Trinajstić information content (AvgIpc) is 3.01. The molecule has 8 nitrogen and oxygen atoms in total. The maximum atomic E-state index is 12.2. The van der Waals surface area contributed by atoms with E-state index in [2.05, 4.69) is 16.0 Å². The molecule has 29 heavy (non-hydrogen) atoms. The number of carbonyl (C=O) groups is 4. The van der Waals surface area contributed by atoms with E-state index in [0.29, 0.717) is 11.4 Å². The summed E-state index contributed by atoms with van der Waals surface area (Å²) in [6.45, 7) is 1.97. The van der Waals surface area contributed by atoms with Gasteiger partial charge in [-0.05, 0) is 42.3 Å². The molecule has 0 aromatic heterocycles. The number of hydrogen-bond donors (Lipinski definition) is 3. The van der Waals surface area contributed by atoms with Crippen LogP contribution in [-0.4, -0.2) is 41.7 Å². The molecule has 0 bridgehead atoms. The van der Waals surface area contributed by atoms with Crippen LogP contribution in [0.2, 0.25) is 0 Å². The van der Waals surface area contributed by atoms with E-state index < -0.39 is 6.03 Å². The Morgan fingerprint density at radius 2 is 1.59 bits per heavy atom. The zero-order chi connectivity index (χ0) is 20.8. The largest absolute Gasteiger partial charge is 0.329 e. The first-order valence-electron chi connectivity index (χ1n) is 9.25. The van der Waals surface area contributed by atoms with Crippen molar-refractivity contribution in [2.24, 2.45) is 0 Å². The third kappa shape index (κ3) is 5.41. The van der Waals surface area contributed by atoms with Crippen LogP contribution in [0, 0.1) is 6.92 Å². The van der Waals surface area contributed by atoms with Gasteiger partial charge in [0.15, 0.2) is 0 Å². The van der Waals surface area contributed by atoms with Gasteiger partial charge in [0.2, 0.25) is 17.7 Å². The highest BCUT2D eigenvalue weighted by Crippen LogP contribution is 2.15. The molecular formula is C21H22N4O4. The van der Waals surface area contributed by atoms with Crippen molar-refractivity contribution in [1.82, 2.24) is 10.2 Å². The molecule has 0 saturated carbocycles. The van der Waals surface area contributed by atoms with Crippen molar-refractivity contribution in [2.45, 2.75) is 19.8 Å². The molecule has 0 spiro atoms. The minimum Gasteiger partial charge on any atom is -0.329 e. The predicted octanol–water partition coefficient (Wildman–Crippen LogP) is 2.06. The second kappa shape index (κ2) is 9.01. The molecule has 3 rings (SSSR count). The molecule has 0 unspecified atom stereocenters. The highest BCUT2D eigenvalue weighted by molar-refractivity contribution is 6.02. The third-order valence-electron chi connectivity index (χ3n) is 4.56. The number of anilines is 2. The lowest BCUT2D eigenvalue weighted by Gasteiger charge is -2.12. The van der Waals surface area contributed by atoms with Crippen molar-refractivity contribution >= 4 is 35.1 Å². The van der Waals surface area contributed by atoms with Crippen molar-refractivity contribution in [3.8, 4) is 0 Å². The summed E-state index contributed by atoms with van der Waals surface area (Å²) in [4.78, 5) is 48.2. The minimum absolute atomic E-state index is 0.00801. The molecule has 1 fully saturated rings. The summed E-state index contributed by atoms with van der Waals surface area (Å²) in [6, 6.07) is 14.0. The molecule has 8 heteroatoms. The summed E-state index contributed by atoms with van der Waals surface area (Å²) < 4.78 is 0. The highest BCUT2D eigenvalue weighted by Gasteiger charge is 2.28. The molecule has 5 amide bonds. The van der Waals surface area contributed by atoms with E-state index >= 15 is 0 Å². The van der Waals surface area contributed by atoms with Gasteiger partial charge in [-0.1, -0.05) is 24.3 Å². The van der Waals surface area contributed by atoms with Crippen LogP contribution in [0.3, 0.4) is 0 Å². The Labute approximate surface area is 168 Å². The third-order valence-corrected chi connectivity index (χ3v) is 4.56. The van der Waals surface area contributed by atoms with Crippen molar-refractivity contribution in [2.75, 3.05) is 23.7 Å². The van der Waals surface area contributed by atoms with Crippen molar-refractivity contribution in [1.29, 1.82) is 0 Å². The topological polar surface area (TPSA) is 108 Å². The fraction of sp³-hybridized carbons (Fsp3) is 0.238. The number of nitrogens with zero attached hydrogens (tertiary/aromatic N) is 1. The van der Waals surface area contributed by atoms with E-state index in [1.54, 1.807) is 24.3 Å². The first-order valence-corrected chi connectivity index (χ1v) is 9.25. The number of amides is 5. The van der Waals surface area contributed by atoms with Crippen LogP contribution in [0.5, 0.6) is 0 Å². The van der Waals surface area contributed by atoms with Crippen LogP contribution in [0.4, 0.5) is 16.2 Å². The zero-order valence-corrected chi connectivity index (χ0v) is 16.0. The highest BCUT2D eigenvalue weighted by atomic mass is 16.2. The molecule has 3 N–H and O–H groups in total. The van der Waals surface area contributed by atoms with Crippen LogP contribution in [-0.2, 0) is 20.8 Å². The number of urea groups is 1. The minimum atomic E-state index is -0.478. The van der Waals surface area contributed by atoms with Crippen LogP contribution in [0.1, 0.15) is 17.5 Å². The Hall–Kier alpha value is -3.68. The summed E-state index contributed by atoms with van der Waals surface area (Å²) in [7, 11) is 0. The lowest BCUT2D eigenvalue weighted by Crippen LogP contribution is -2.33. The number of imide groups is 1. The Balaban J connectivity index is 1.47. The van der Waals surface area contributed by atoms with Gasteiger partial charge in [-0.2, -0.15) is 0 Å². The van der Waals surface area contributed by atoms with Crippen LogP contribution >= 0.6 is 0 Å². The van der Waals surface area contributed by atoms with Gasteiger partial charge < -0.3 is 16.0 Å². The van der Waals surface area contributed by atoms with Crippen LogP contribution < -0.4 is 16.0 Å². The molecule has 150 valence electrons. The monoisotopic (exact) mass is 394 g/mol. The molecule has 1 heterocycles. The number of aryl methyl sites for hydroxylation is 1. The number of benzene rings is 2. The normalized spacial score (nSPS) is 13.2. The maximum Gasteiger partial charge on any atom is 0.324 e. The molecule has 0 atom stereocenters. The summed E-state index contributed by atoms with van der Waals surface area (Å²) in [6.07, 6.45) is 0.294. The Kier molecular flexibility index (Phi) is 6.23. The van der Waals surface area contributed by atoms with Gasteiger partial charge >= 0.3 is 6.03 Å². The van der Waals surface area contributed by atoms with Crippen molar-refractivity contribution in [3.63, 3.8) is 0 Å². The number of rotatable bonds is 7. The lowest BCUT2D eigenvalue weighted by molar-refractivity contribution is -0.125. The van der Waals surface area contributed by atoms with E-state index in [-0.39, 0.29) is 43.7 Å². The second-order valence-corrected chi connectivity index (χ2v) is 6.73. The van der Waals surface area contributed by atoms with Gasteiger partial charge in [0.25, 0.3) is 0 Å². The lowest BCUT2D eigenvalue weighted by atomic mass is 10.1. The SMILES string of the molecule is Cc1ccccc1CC(=O)Nc1ccc(NC(=O)CCN2C(=O)CNC2=O)cc1. The van der Waals surface area contributed by atoms with E-state index in [1.165, 1.54) is 0 Å². The summed E-state index contributed by atoms with van der Waals surface area (Å²) in [5.41, 5.74) is 3.22. The predicted molar refractivity (Wildman–Crippen MR) is 108 cm³/mol. The Morgan fingerprint density at radius 3 is 2.17 bits per heavy atom. The zero-order valence-electron chi connectivity index (χ0n) is 16.0. The summed E-state index contributed by atoms with van der Waals surface area (Å²) in [5, 5.41) is 7.94. The molecule has 2 aromatic carbocycles. The molecule has 1 saturated heterocycles. The van der Waals surface area contributed by atoms with Gasteiger partial charge in [-0.3, -0.25) is 19.3 Å². The van der Waals surface area contributed by atoms with E-state index in [4.69, 9.17) is 0 Å². The first kappa shape index (κ1) is 20.1. The second-order valence-electron chi connectivity index (χ2n) is 6.73. The fourth-order valence-electron chi connectivity index (χ4n) is 2.94. The molecule has 1 aliphatic rings. The van der Waals surface area contributed by atoms with Gasteiger partial charge in [-0.25, -0.2) is 4.79 Å². The van der Waals surface area contributed by atoms with Crippen LogP contribution in [0.25, 0.3) is 0 Å². The molecule has 1 aliphatic heterocycles. The first-order chi connectivity index (χ1) is 13.9. The van der Waals surface area contributed by atoms with E-state index in [0.717, 1.165) is 16.0 Å². The summed E-state index contributed by atoms with van der Waals surface area (Å²) in [5.74, 6) is -0.771. The van der Waals surface area contributed by atoms with Gasteiger partial charge in [0, 0.05) is 24.3 Å². The molecular weight excluding hydrogens is 372 g/mol. The van der Waals surface area contributed by atoms with Crippen molar-refractivity contribution in [3.05, 3.63) is 59.7 Å². The number of nitrogens with one attached hydrogen (secondary N) is 3. The number of carbonyl (C=O) groups excluding carboxylic acids is 4. The van der Waals surface area contributed by atoms with E-state index in [9.17, 15) is 19.2 Å². The number of hydrogen-bond acceptors (Lipinski definition) is 4. The fourth-order valence-corrected chi connectivity index (χ4v) is 2.94. The maximum absolute atomic E-state index is 12.2. The van der Waals surface area contributed by atoms with Gasteiger partial charge in [-0.15, -0.1) is 0 Å². The average molecular weight is 394 g/mol.